The monoisotopic (exact) mass is 306 g/mol. The average Bonchev–Trinajstić information content (AvgIpc) is 2.96. The van der Waals surface area contributed by atoms with Crippen molar-refractivity contribution >= 4 is 17.5 Å². The standard InChI is InChI=1S/C17H23ClN2O/c18-14-7-4-6-13(12-14)15-8-5-11-20(15)16(21)17(19)9-2-1-3-10-17/h4,6-7,12,15H,1-3,5,8-11,19H2. The number of nitrogens with two attached hydrogens (primary N) is 1. The topological polar surface area (TPSA) is 46.3 Å². The van der Waals surface area contributed by atoms with Gasteiger partial charge < -0.3 is 10.6 Å². The first kappa shape index (κ1) is 14.9. The number of amides is 1. The first-order chi connectivity index (χ1) is 10.1. The van der Waals surface area contributed by atoms with Crippen molar-refractivity contribution in [1.29, 1.82) is 0 Å². The van der Waals surface area contributed by atoms with Gasteiger partial charge in [-0.1, -0.05) is 43.0 Å². The van der Waals surface area contributed by atoms with Crippen LogP contribution in [0, 0.1) is 0 Å². The van der Waals surface area contributed by atoms with Crippen molar-refractivity contribution in [2.75, 3.05) is 6.54 Å². The van der Waals surface area contributed by atoms with Gasteiger partial charge in [0.2, 0.25) is 5.91 Å². The highest BCUT2D eigenvalue weighted by Gasteiger charge is 2.42. The van der Waals surface area contributed by atoms with E-state index in [4.69, 9.17) is 17.3 Å². The Balaban J connectivity index is 1.82. The van der Waals surface area contributed by atoms with Crippen molar-refractivity contribution in [3.8, 4) is 0 Å². The molecule has 0 aromatic heterocycles. The van der Waals surface area contributed by atoms with Crippen LogP contribution in [0.4, 0.5) is 0 Å². The van der Waals surface area contributed by atoms with Crippen LogP contribution in [0.2, 0.25) is 5.02 Å². The summed E-state index contributed by atoms with van der Waals surface area (Å²) >= 11 is 6.10. The lowest BCUT2D eigenvalue weighted by Crippen LogP contribution is -2.56. The highest BCUT2D eigenvalue weighted by atomic mass is 35.5. The summed E-state index contributed by atoms with van der Waals surface area (Å²) in [5.41, 5.74) is 6.93. The van der Waals surface area contributed by atoms with Gasteiger partial charge in [-0.15, -0.1) is 0 Å². The van der Waals surface area contributed by atoms with Crippen LogP contribution < -0.4 is 5.73 Å². The van der Waals surface area contributed by atoms with E-state index in [1.54, 1.807) is 0 Å². The second kappa shape index (κ2) is 5.98. The summed E-state index contributed by atoms with van der Waals surface area (Å²) in [4.78, 5) is 15.0. The van der Waals surface area contributed by atoms with Gasteiger partial charge in [0.25, 0.3) is 0 Å². The smallest absolute Gasteiger partial charge is 0.243 e. The molecule has 1 aromatic carbocycles. The fourth-order valence-corrected chi connectivity index (χ4v) is 3.95. The predicted octanol–water partition coefficient (Wildman–Crippen LogP) is 3.67. The molecule has 1 amide bonds. The third kappa shape index (κ3) is 2.95. The molecule has 1 aromatic rings. The van der Waals surface area contributed by atoms with Crippen LogP contribution in [0.3, 0.4) is 0 Å². The molecule has 1 aliphatic carbocycles. The van der Waals surface area contributed by atoms with Crippen molar-refractivity contribution in [3.63, 3.8) is 0 Å². The molecule has 2 fully saturated rings. The Hall–Kier alpha value is -1.06. The van der Waals surface area contributed by atoms with E-state index in [0.717, 1.165) is 55.7 Å². The minimum atomic E-state index is -0.639. The van der Waals surface area contributed by atoms with E-state index in [0.29, 0.717) is 0 Å². The summed E-state index contributed by atoms with van der Waals surface area (Å²) in [6.07, 6.45) is 7.02. The molecule has 3 nitrogen and oxygen atoms in total. The van der Waals surface area contributed by atoms with E-state index in [9.17, 15) is 4.79 Å². The van der Waals surface area contributed by atoms with Crippen molar-refractivity contribution in [1.82, 2.24) is 4.90 Å². The van der Waals surface area contributed by atoms with Gasteiger partial charge in [0.1, 0.15) is 0 Å². The molecule has 0 spiro atoms. The molecule has 1 atom stereocenters. The second-order valence-corrected chi connectivity index (χ2v) is 6.86. The second-order valence-electron chi connectivity index (χ2n) is 6.43. The van der Waals surface area contributed by atoms with Crippen LogP contribution >= 0.6 is 11.6 Å². The summed E-state index contributed by atoms with van der Waals surface area (Å²) < 4.78 is 0. The zero-order valence-electron chi connectivity index (χ0n) is 12.4. The molecule has 0 radical (unpaired) electrons. The Morgan fingerprint density at radius 1 is 1.24 bits per heavy atom. The third-order valence-corrected chi connectivity index (χ3v) is 5.15. The fraction of sp³-hybridized carbons (Fsp3) is 0.588. The molecule has 1 aliphatic heterocycles. The van der Waals surface area contributed by atoms with Crippen LogP contribution in [0.15, 0.2) is 24.3 Å². The number of nitrogens with zero attached hydrogens (tertiary/aromatic N) is 1. The van der Waals surface area contributed by atoms with Gasteiger partial charge in [-0.05, 0) is 43.4 Å². The van der Waals surface area contributed by atoms with Crippen LogP contribution in [0.5, 0.6) is 0 Å². The molecule has 1 unspecified atom stereocenters. The number of rotatable bonds is 2. The summed E-state index contributed by atoms with van der Waals surface area (Å²) in [6, 6.07) is 8.00. The van der Waals surface area contributed by atoms with Gasteiger partial charge in [0, 0.05) is 11.6 Å². The van der Waals surface area contributed by atoms with Crippen LogP contribution in [-0.2, 0) is 4.79 Å². The normalized spacial score (nSPS) is 25.0. The van der Waals surface area contributed by atoms with Crippen LogP contribution in [-0.4, -0.2) is 22.9 Å². The summed E-state index contributed by atoms with van der Waals surface area (Å²) in [5.74, 6) is 0.143. The van der Waals surface area contributed by atoms with Gasteiger partial charge in [0.15, 0.2) is 0 Å². The lowest BCUT2D eigenvalue weighted by Gasteiger charge is -2.37. The molecule has 4 heteroatoms. The van der Waals surface area contributed by atoms with Gasteiger partial charge in [-0.3, -0.25) is 4.79 Å². The Kier molecular flexibility index (Phi) is 4.23. The molecule has 21 heavy (non-hydrogen) atoms. The highest BCUT2D eigenvalue weighted by Crippen LogP contribution is 2.37. The van der Waals surface area contributed by atoms with Gasteiger partial charge >= 0.3 is 0 Å². The van der Waals surface area contributed by atoms with E-state index >= 15 is 0 Å². The molecule has 114 valence electrons. The number of hydrogen-bond acceptors (Lipinski definition) is 2. The number of carbonyl (C=O) groups is 1. The van der Waals surface area contributed by atoms with E-state index in [1.165, 1.54) is 6.42 Å². The maximum absolute atomic E-state index is 13.0. The minimum Gasteiger partial charge on any atom is -0.334 e. The lowest BCUT2D eigenvalue weighted by atomic mass is 9.81. The summed E-state index contributed by atoms with van der Waals surface area (Å²) in [7, 11) is 0. The Bertz CT molecular complexity index is 525. The number of hydrogen-bond donors (Lipinski definition) is 1. The average molecular weight is 307 g/mol. The molecule has 3 rings (SSSR count). The maximum atomic E-state index is 13.0. The number of carbonyl (C=O) groups excluding carboxylic acids is 1. The SMILES string of the molecule is NC1(C(=O)N2CCCC2c2cccc(Cl)c2)CCCCC1. The molecular formula is C17H23ClN2O. The number of halogens is 1. The van der Waals surface area contributed by atoms with Crippen molar-refractivity contribution in [3.05, 3.63) is 34.9 Å². The molecule has 2 N–H and O–H groups in total. The molecule has 2 aliphatic rings. The fourth-order valence-electron chi connectivity index (χ4n) is 3.75. The lowest BCUT2D eigenvalue weighted by molar-refractivity contribution is -0.139. The van der Waals surface area contributed by atoms with Crippen LogP contribution in [0.25, 0.3) is 0 Å². The summed E-state index contributed by atoms with van der Waals surface area (Å²) in [6.45, 7) is 0.814. The van der Waals surface area contributed by atoms with E-state index in [-0.39, 0.29) is 11.9 Å². The van der Waals surface area contributed by atoms with Gasteiger partial charge in [0.05, 0.1) is 11.6 Å². The molecule has 1 saturated heterocycles. The van der Waals surface area contributed by atoms with E-state index < -0.39 is 5.54 Å². The quantitative estimate of drug-likeness (QED) is 0.906. The first-order valence-electron chi connectivity index (χ1n) is 7.96. The molecular weight excluding hydrogens is 284 g/mol. The minimum absolute atomic E-state index is 0.138. The number of benzene rings is 1. The Labute approximate surface area is 131 Å². The third-order valence-electron chi connectivity index (χ3n) is 4.92. The van der Waals surface area contributed by atoms with E-state index in [2.05, 4.69) is 6.07 Å². The van der Waals surface area contributed by atoms with Crippen molar-refractivity contribution in [2.24, 2.45) is 5.73 Å². The maximum Gasteiger partial charge on any atom is 0.243 e. The zero-order valence-corrected chi connectivity index (χ0v) is 13.1. The van der Waals surface area contributed by atoms with E-state index in [1.807, 2.05) is 23.1 Å². The van der Waals surface area contributed by atoms with Gasteiger partial charge in [-0.25, -0.2) is 0 Å². The van der Waals surface area contributed by atoms with Crippen molar-refractivity contribution in [2.45, 2.75) is 56.5 Å². The summed E-state index contributed by atoms with van der Waals surface area (Å²) in [5, 5.41) is 0.729. The zero-order chi connectivity index (χ0) is 14.9. The molecule has 1 saturated carbocycles. The number of likely N-dealkylation sites (tertiary alicyclic amines) is 1. The highest BCUT2D eigenvalue weighted by molar-refractivity contribution is 6.30. The molecule has 1 heterocycles. The van der Waals surface area contributed by atoms with Crippen molar-refractivity contribution < 1.29 is 4.79 Å². The Morgan fingerprint density at radius 2 is 2.00 bits per heavy atom. The van der Waals surface area contributed by atoms with Crippen LogP contribution in [0.1, 0.15) is 56.6 Å². The van der Waals surface area contributed by atoms with Gasteiger partial charge in [-0.2, -0.15) is 0 Å². The first-order valence-corrected chi connectivity index (χ1v) is 8.33. The predicted molar refractivity (Wildman–Crippen MR) is 85.1 cm³/mol. The Morgan fingerprint density at radius 3 is 2.71 bits per heavy atom. The largest absolute Gasteiger partial charge is 0.334 e. The molecule has 0 bridgehead atoms.